The highest BCUT2D eigenvalue weighted by Gasteiger charge is 2.16. The van der Waals surface area contributed by atoms with Gasteiger partial charge in [0.25, 0.3) is 0 Å². The van der Waals surface area contributed by atoms with Gasteiger partial charge in [0.15, 0.2) is 0 Å². The largest absolute Gasteiger partial charge is 0.462 e. The maximum absolute atomic E-state index is 11.6. The van der Waals surface area contributed by atoms with Crippen LogP contribution in [0.3, 0.4) is 0 Å². The molecule has 0 N–H and O–H groups in total. The van der Waals surface area contributed by atoms with E-state index in [9.17, 15) is 9.59 Å². The molecule has 6 heteroatoms. The number of fused-ring (bicyclic) bond motifs is 6. The number of benzene rings is 6. The smallest absolute Gasteiger partial charge is 0.330 e. The zero-order chi connectivity index (χ0) is 35.6. The molecule has 0 radical (unpaired) electrons. The Labute approximate surface area is 301 Å². The molecule has 0 saturated heterocycles. The Morgan fingerprint density at radius 2 is 0.904 bits per heavy atom. The van der Waals surface area contributed by atoms with Gasteiger partial charge in [0.05, 0.1) is 35.3 Å². The standard InChI is InChI=1S/C46H36N2O4/c1-3-45(49)51-25-23-31-19-21-43-39(27-31)37-15-5-7-17-41(37)47(43)35-13-9-11-33(29-35)34-12-10-14-36(30-34)48-42-18-8-6-16-38(42)40-28-32(20-22-44(40)48)24-26-52-46(50)4-2/h3-22,27-30H,1-2,23-26H2. The topological polar surface area (TPSA) is 62.5 Å². The Hall–Kier alpha value is -6.66. The summed E-state index contributed by atoms with van der Waals surface area (Å²) in [5, 5.41) is 4.65. The van der Waals surface area contributed by atoms with Crippen molar-refractivity contribution in [3.05, 3.63) is 170 Å². The van der Waals surface area contributed by atoms with Gasteiger partial charge in [-0.3, -0.25) is 0 Å². The van der Waals surface area contributed by atoms with Crippen molar-refractivity contribution in [1.29, 1.82) is 0 Å². The molecule has 0 bridgehead atoms. The average Bonchev–Trinajstić information content (AvgIpc) is 3.70. The molecule has 0 atom stereocenters. The van der Waals surface area contributed by atoms with Crippen LogP contribution in [-0.4, -0.2) is 34.3 Å². The van der Waals surface area contributed by atoms with E-state index >= 15 is 0 Å². The van der Waals surface area contributed by atoms with Gasteiger partial charge in [-0.25, -0.2) is 9.59 Å². The van der Waals surface area contributed by atoms with E-state index in [-0.39, 0.29) is 0 Å². The number of hydrogen-bond donors (Lipinski definition) is 0. The molecule has 0 aliphatic carbocycles. The fraction of sp³-hybridized carbons (Fsp3) is 0.0870. The second-order valence-electron chi connectivity index (χ2n) is 12.8. The Kier molecular flexibility index (Phi) is 8.71. The van der Waals surface area contributed by atoms with Gasteiger partial charge in [-0.15, -0.1) is 0 Å². The van der Waals surface area contributed by atoms with Gasteiger partial charge < -0.3 is 18.6 Å². The van der Waals surface area contributed by atoms with Crippen molar-refractivity contribution in [2.75, 3.05) is 13.2 Å². The van der Waals surface area contributed by atoms with E-state index in [1.165, 1.54) is 22.9 Å². The monoisotopic (exact) mass is 680 g/mol. The third-order valence-electron chi connectivity index (χ3n) is 9.62. The van der Waals surface area contributed by atoms with Gasteiger partial charge in [-0.1, -0.05) is 86.0 Å². The molecule has 6 aromatic carbocycles. The van der Waals surface area contributed by atoms with E-state index < -0.39 is 11.9 Å². The van der Waals surface area contributed by atoms with E-state index in [2.05, 4.69) is 156 Å². The fourth-order valence-corrected chi connectivity index (χ4v) is 7.21. The highest BCUT2D eigenvalue weighted by Crippen LogP contribution is 2.36. The molecular weight excluding hydrogens is 645 g/mol. The van der Waals surface area contributed by atoms with E-state index in [0.717, 1.165) is 66.5 Å². The molecule has 2 heterocycles. The molecule has 254 valence electrons. The van der Waals surface area contributed by atoms with Crippen LogP contribution in [0.2, 0.25) is 0 Å². The van der Waals surface area contributed by atoms with Crippen LogP contribution < -0.4 is 0 Å². The molecule has 6 nitrogen and oxygen atoms in total. The Bertz CT molecular complexity index is 2490. The summed E-state index contributed by atoms with van der Waals surface area (Å²) in [5.74, 6) is -0.816. The first-order valence-electron chi connectivity index (χ1n) is 17.4. The van der Waals surface area contributed by atoms with Crippen molar-refractivity contribution in [1.82, 2.24) is 9.13 Å². The lowest BCUT2D eigenvalue weighted by atomic mass is 10.0. The van der Waals surface area contributed by atoms with Gasteiger partial charge in [0.2, 0.25) is 0 Å². The van der Waals surface area contributed by atoms with Crippen LogP contribution >= 0.6 is 0 Å². The predicted molar refractivity (Wildman–Crippen MR) is 210 cm³/mol. The third kappa shape index (κ3) is 6.05. The van der Waals surface area contributed by atoms with Crippen LogP contribution in [0.1, 0.15) is 11.1 Å². The second kappa shape index (κ2) is 13.9. The Morgan fingerprint density at radius 1 is 0.481 bits per heavy atom. The van der Waals surface area contributed by atoms with Crippen molar-refractivity contribution >= 4 is 55.6 Å². The van der Waals surface area contributed by atoms with Crippen LogP contribution in [0, 0.1) is 0 Å². The van der Waals surface area contributed by atoms with Gasteiger partial charge in [-0.2, -0.15) is 0 Å². The molecular formula is C46H36N2O4. The minimum Gasteiger partial charge on any atom is -0.462 e. The van der Waals surface area contributed by atoms with Gasteiger partial charge in [0, 0.05) is 57.9 Å². The van der Waals surface area contributed by atoms with Crippen LogP contribution in [0.25, 0.3) is 66.1 Å². The first kappa shape index (κ1) is 32.5. The number of nitrogens with zero attached hydrogens (tertiary/aromatic N) is 2. The summed E-state index contributed by atoms with van der Waals surface area (Å²) in [6.45, 7) is 7.57. The van der Waals surface area contributed by atoms with Crippen molar-refractivity contribution in [2.45, 2.75) is 12.8 Å². The number of hydrogen-bond acceptors (Lipinski definition) is 4. The van der Waals surface area contributed by atoms with Gasteiger partial charge >= 0.3 is 11.9 Å². The lowest BCUT2D eigenvalue weighted by Crippen LogP contribution is -2.04. The molecule has 8 aromatic rings. The van der Waals surface area contributed by atoms with Crippen LogP contribution in [0.15, 0.2) is 159 Å². The summed E-state index contributed by atoms with van der Waals surface area (Å²) >= 11 is 0. The third-order valence-corrected chi connectivity index (χ3v) is 9.62. The molecule has 52 heavy (non-hydrogen) atoms. The van der Waals surface area contributed by atoms with Crippen LogP contribution in [0.4, 0.5) is 0 Å². The first-order chi connectivity index (χ1) is 25.5. The number of carbonyl (C=O) groups excluding carboxylic acids is 2. The van der Waals surface area contributed by atoms with Gasteiger partial charge in [-0.05, 0) is 82.9 Å². The van der Waals surface area contributed by atoms with E-state index in [1.54, 1.807) is 0 Å². The summed E-state index contributed by atoms with van der Waals surface area (Å²) in [5.41, 5.74) is 11.1. The summed E-state index contributed by atoms with van der Waals surface area (Å²) < 4.78 is 15.1. The quantitative estimate of drug-likeness (QED) is 0.101. The predicted octanol–water partition coefficient (Wildman–Crippen LogP) is 10.1. The molecule has 0 unspecified atom stereocenters. The van der Waals surface area contributed by atoms with Gasteiger partial charge in [0.1, 0.15) is 0 Å². The number of para-hydroxylation sites is 2. The maximum Gasteiger partial charge on any atom is 0.330 e. The van der Waals surface area contributed by atoms with Crippen molar-refractivity contribution < 1.29 is 19.1 Å². The highest BCUT2D eigenvalue weighted by atomic mass is 16.5. The van der Waals surface area contributed by atoms with Crippen LogP contribution in [0.5, 0.6) is 0 Å². The van der Waals surface area contributed by atoms with E-state index in [4.69, 9.17) is 9.47 Å². The number of rotatable bonds is 11. The molecule has 0 amide bonds. The molecule has 0 aliphatic rings. The lowest BCUT2D eigenvalue weighted by Gasteiger charge is -2.13. The lowest BCUT2D eigenvalue weighted by molar-refractivity contribution is -0.138. The zero-order valence-corrected chi connectivity index (χ0v) is 28.6. The molecule has 0 saturated carbocycles. The normalized spacial score (nSPS) is 11.3. The minimum absolute atomic E-state index is 0.306. The number of aromatic nitrogens is 2. The minimum atomic E-state index is -0.408. The first-order valence-corrected chi connectivity index (χ1v) is 17.4. The molecule has 0 fully saturated rings. The maximum atomic E-state index is 11.6. The van der Waals surface area contributed by atoms with Crippen molar-refractivity contribution in [3.63, 3.8) is 0 Å². The Morgan fingerprint density at radius 3 is 1.35 bits per heavy atom. The van der Waals surface area contributed by atoms with Crippen molar-refractivity contribution in [3.8, 4) is 22.5 Å². The molecule has 0 spiro atoms. The molecule has 8 rings (SSSR count). The highest BCUT2D eigenvalue weighted by molar-refractivity contribution is 6.10. The summed E-state index contributed by atoms with van der Waals surface area (Å²) in [6, 6.07) is 47.3. The number of carbonyl (C=O) groups is 2. The summed E-state index contributed by atoms with van der Waals surface area (Å²) in [7, 11) is 0. The average molecular weight is 681 g/mol. The van der Waals surface area contributed by atoms with Crippen LogP contribution in [-0.2, 0) is 31.9 Å². The SMILES string of the molecule is C=CC(=O)OCCc1ccc2c(c1)c1ccccc1n2-c1cccc(-c2cccc(-n3c4ccccc4c4cc(CCOC(=O)C=C)ccc43)c2)c1. The summed E-state index contributed by atoms with van der Waals surface area (Å²) in [4.78, 5) is 23.1. The second-order valence-corrected chi connectivity index (χ2v) is 12.8. The summed E-state index contributed by atoms with van der Waals surface area (Å²) in [6.07, 6.45) is 3.64. The Balaban J connectivity index is 1.16. The number of ether oxygens (including phenoxy) is 2. The van der Waals surface area contributed by atoms with E-state index in [0.29, 0.717) is 26.1 Å². The molecule has 0 aliphatic heterocycles. The fourth-order valence-electron chi connectivity index (χ4n) is 7.21. The van der Waals surface area contributed by atoms with E-state index in [1.807, 2.05) is 0 Å². The zero-order valence-electron chi connectivity index (χ0n) is 28.6. The van der Waals surface area contributed by atoms with Crippen molar-refractivity contribution in [2.24, 2.45) is 0 Å². The molecule has 2 aromatic heterocycles. The number of esters is 2.